The van der Waals surface area contributed by atoms with Gasteiger partial charge in [-0.2, -0.15) is 25.3 Å². The number of aromatic nitrogens is 3. The van der Waals surface area contributed by atoms with Gasteiger partial charge in [0.2, 0.25) is 11.8 Å². The van der Waals surface area contributed by atoms with Gasteiger partial charge in [-0.25, -0.2) is 22.0 Å². The predicted octanol–water partition coefficient (Wildman–Crippen LogP) is -3.52. The van der Waals surface area contributed by atoms with Crippen LogP contribution < -0.4 is 16.0 Å². The minimum Gasteiger partial charge on any atom is -0.479 e. The van der Waals surface area contributed by atoms with E-state index in [-0.39, 0.29) is 89.7 Å². The van der Waals surface area contributed by atoms with Crippen LogP contribution in [0.1, 0.15) is 108 Å². The number of Topliss-reactive ketones (excluding diaryl/α,β-unsaturated/α-hetero) is 1. The molecule has 0 bridgehead atoms. The fraction of sp³-hybridized carbons (Fsp3) is 0.857. The number of hydrogen-bond acceptors (Lipinski definition) is 28. The van der Waals surface area contributed by atoms with Crippen LogP contribution in [-0.4, -0.2) is 260 Å². The number of nitrogens with zero attached hydrogens (tertiary/aromatic N) is 3. The van der Waals surface area contributed by atoms with E-state index in [1.165, 1.54) is 13.8 Å². The van der Waals surface area contributed by atoms with Gasteiger partial charge in [-0.3, -0.25) is 32.8 Å². The predicted molar refractivity (Wildman–Crippen MR) is 292 cm³/mol. The van der Waals surface area contributed by atoms with Crippen molar-refractivity contribution >= 4 is 60.7 Å². The summed E-state index contributed by atoms with van der Waals surface area (Å²) in [6.45, 7) is -0.729. The quantitative estimate of drug-likeness (QED) is 0.0227. The molecule has 0 radical (unpaired) electrons. The van der Waals surface area contributed by atoms with Crippen molar-refractivity contribution in [3.8, 4) is 0 Å². The van der Waals surface area contributed by atoms with E-state index in [1.807, 2.05) is 6.92 Å². The minimum atomic E-state index is -5.32. The summed E-state index contributed by atoms with van der Waals surface area (Å²) in [4.78, 5) is 65.1. The average molecular weight is 1330 g/mol. The van der Waals surface area contributed by atoms with E-state index in [9.17, 15) is 79.9 Å². The van der Waals surface area contributed by atoms with Crippen molar-refractivity contribution in [2.45, 2.75) is 183 Å². The van der Waals surface area contributed by atoms with E-state index < -0.39 is 184 Å². The molecule has 3 heterocycles. The molecular weight excluding hydrogens is 1250 g/mol. The first-order valence-electron chi connectivity index (χ1n) is 28.5. The SMILES string of the molecule is CCC1CC(C(=O)CCCNC(=O)CCOCCOCCNC(=O)c2cn(C(COS(=O)(=O)O)(COS(=O)(=O)O)COS(=O)(=O)O)nn2)C[C@@H](O[C@@H]2O[C@@H](CO)[C@H](O)C(O[C@@H](CC3CCCCC3)C(=O)O)C2NC(C)=O)[C@@H]1O[C@@H]1OC(C)[C@@H](O)[C@H](O)C1O. The number of nitrogens with one attached hydrogen (secondary N) is 3. The van der Waals surface area contributed by atoms with E-state index in [4.69, 9.17) is 46.8 Å². The largest absolute Gasteiger partial charge is 0.479 e. The van der Waals surface area contributed by atoms with Gasteiger partial charge >= 0.3 is 37.2 Å². The minimum absolute atomic E-state index is 0.000836. The van der Waals surface area contributed by atoms with Gasteiger partial charge in [0.05, 0.1) is 77.4 Å². The summed E-state index contributed by atoms with van der Waals surface area (Å²) in [5.74, 6) is -4.66. The Morgan fingerprint density at radius 3 is 1.97 bits per heavy atom. The van der Waals surface area contributed by atoms with Crippen LogP contribution in [0.25, 0.3) is 0 Å². The summed E-state index contributed by atoms with van der Waals surface area (Å²) in [6.07, 6.45) is -11.0. The molecule has 39 heteroatoms. The second-order valence-corrected chi connectivity index (χ2v) is 25.2. The summed E-state index contributed by atoms with van der Waals surface area (Å²) >= 11 is 0. The van der Waals surface area contributed by atoms with Crippen LogP contribution in [0.15, 0.2) is 6.20 Å². The zero-order valence-electron chi connectivity index (χ0n) is 48.5. The standard InChI is InChI=1S/C49H82N6O30S3/c1-4-30-20-31(21-34(43(30)85-48-42(63)41(62)39(60)27(2)81-48)83-47-38(52-28(3)57)44(40(61)36(23-56)84-47)82-35(46(65)66)19-29-9-6-5-7-10-29)33(58)11-8-13-50-37(59)12-15-76-17-18-77-16-14-51-45(64)32-22-55(54-53-32)49(24-78-86(67,68)69,25-79-87(70,71)72)26-80-88(73,74)75/h22,27,29-31,34-36,38-44,47-48,56,60-63H,4-21,23-26H2,1-3H3,(H,50,59)(H,51,64)(H,52,57)(H,65,66)(H,67,68,69)(H,70,71,72)(H,73,74,75)/t27?,30?,31?,34-,35+,36+,38?,39-,40+,41+,42?,43-,44?,47-,48+/m1/s1. The maximum absolute atomic E-state index is 14.1. The summed E-state index contributed by atoms with van der Waals surface area (Å²) < 4.78 is 150. The highest BCUT2D eigenvalue weighted by Crippen LogP contribution is 2.41. The number of hydrogen-bond donors (Lipinski definition) is 12. The number of carboxylic acids is 1. The molecule has 2 saturated heterocycles. The fourth-order valence-electron chi connectivity index (χ4n) is 10.7. The maximum atomic E-state index is 14.1. The molecular formula is C49H82N6O30S3. The van der Waals surface area contributed by atoms with Crippen molar-refractivity contribution in [3.05, 3.63) is 11.9 Å². The second-order valence-electron chi connectivity index (χ2n) is 21.9. The number of ether oxygens (including phenoxy) is 7. The fourth-order valence-corrected chi connectivity index (χ4v) is 11.8. The molecule has 2 aliphatic carbocycles. The Morgan fingerprint density at radius 1 is 0.761 bits per heavy atom. The zero-order chi connectivity index (χ0) is 65.1. The molecule has 12 N–H and O–H groups in total. The second kappa shape index (κ2) is 34.5. The van der Waals surface area contributed by atoms with Gasteiger partial charge in [0.25, 0.3) is 5.91 Å². The zero-order valence-corrected chi connectivity index (χ0v) is 51.0. The van der Waals surface area contributed by atoms with Crippen LogP contribution in [0.2, 0.25) is 0 Å². The van der Waals surface area contributed by atoms with Crippen LogP contribution in [0.5, 0.6) is 0 Å². The topological polar surface area (TPSA) is 529 Å². The number of aliphatic carboxylic acids is 1. The molecule has 2 saturated carbocycles. The third kappa shape index (κ3) is 23.5. The average Bonchev–Trinajstić information content (AvgIpc) is 2.52. The van der Waals surface area contributed by atoms with Gasteiger partial charge in [-0.1, -0.05) is 50.7 Å². The first-order valence-corrected chi connectivity index (χ1v) is 32.5. The van der Waals surface area contributed by atoms with Crippen molar-refractivity contribution in [2.75, 3.05) is 65.9 Å². The Balaban J connectivity index is 1.12. The number of carbonyl (C=O) groups is 5. The van der Waals surface area contributed by atoms with E-state index in [0.29, 0.717) is 11.1 Å². The van der Waals surface area contributed by atoms with Gasteiger partial charge < -0.3 is 79.7 Å². The smallest absolute Gasteiger partial charge is 0.397 e. The molecule has 0 aromatic carbocycles. The molecule has 88 heavy (non-hydrogen) atoms. The molecule has 15 atom stereocenters. The lowest BCUT2D eigenvalue weighted by molar-refractivity contribution is -0.338. The molecule has 1 aromatic heterocycles. The molecule has 36 nitrogen and oxygen atoms in total. The normalized spacial score (nSPS) is 28.8. The van der Waals surface area contributed by atoms with Crippen molar-refractivity contribution in [1.82, 2.24) is 30.9 Å². The van der Waals surface area contributed by atoms with Crippen molar-refractivity contribution < 1.29 is 139 Å². The van der Waals surface area contributed by atoms with Crippen molar-refractivity contribution in [1.29, 1.82) is 0 Å². The van der Waals surface area contributed by atoms with Gasteiger partial charge in [0.15, 0.2) is 24.4 Å². The molecule has 6 unspecified atom stereocenters. The number of aliphatic hydroxyl groups excluding tert-OH is 5. The van der Waals surface area contributed by atoms with Crippen LogP contribution in [0, 0.1) is 17.8 Å². The highest BCUT2D eigenvalue weighted by molar-refractivity contribution is 7.81. The molecule has 4 aliphatic rings. The third-order valence-electron chi connectivity index (χ3n) is 15.4. The van der Waals surface area contributed by atoms with Gasteiger partial charge in [-0.05, 0) is 44.4 Å². The van der Waals surface area contributed by atoms with Crippen molar-refractivity contribution in [2.24, 2.45) is 17.8 Å². The summed E-state index contributed by atoms with van der Waals surface area (Å²) in [6, 6.07) is -1.38. The van der Waals surface area contributed by atoms with E-state index >= 15 is 0 Å². The van der Waals surface area contributed by atoms with Crippen LogP contribution in [0.4, 0.5) is 0 Å². The number of amides is 3. The third-order valence-corrected chi connectivity index (χ3v) is 16.6. The first-order chi connectivity index (χ1) is 41.3. The molecule has 2 aliphatic heterocycles. The molecule has 1 aromatic rings. The highest BCUT2D eigenvalue weighted by atomic mass is 32.3. The van der Waals surface area contributed by atoms with E-state index in [2.05, 4.69) is 38.8 Å². The Hall–Kier alpha value is -4.18. The first kappa shape index (κ1) is 74.5. The Kier molecular flexibility index (Phi) is 29.2. The van der Waals surface area contributed by atoms with Crippen LogP contribution in [-0.2, 0) is 102 Å². The summed E-state index contributed by atoms with van der Waals surface area (Å²) in [5, 5.41) is 79.3. The lowest BCUT2D eigenvalue weighted by Gasteiger charge is -2.49. The Labute approximate surface area is 507 Å². The maximum Gasteiger partial charge on any atom is 0.397 e. The molecule has 3 amide bonds. The lowest BCUT2D eigenvalue weighted by Crippen LogP contribution is -2.67. The van der Waals surface area contributed by atoms with E-state index in [0.717, 1.165) is 38.3 Å². The van der Waals surface area contributed by atoms with Gasteiger partial charge in [0, 0.05) is 38.8 Å². The summed E-state index contributed by atoms with van der Waals surface area (Å²) in [5.41, 5.74) is -3.11. The number of ketones is 1. The number of aliphatic hydroxyl groups is 5. The summed E-state index contributed by atoms with van der Waals surface area (Å²) in [7, 11) is -16.0. The molecule has 4 fully saturated rings. The Morgan fingerprint density at radius 2 is 1.39 bits per heavy atom. The van der Waals surface area contributed by atoms with Crippen LogP contribution in [0.3, 0.4) is 0 Å². The van der Waals surface area contributed by atoms with Crippen LogP contribution >= 0.6 is 0 Å². The van der Waals surface area contributed by atoms with E-state index in [1.54, 1.807) is 0 Å². The lowest BCUT2D eigenvalue weighted by atomic mass is 9.74. The molecule has 506 valence electrons. The monoisotopic (exact) mass is 1330 g/mol. The number of carbonyl (C=O) groups excluding carboxylic acids is 4. The van der Waals surface area contributed by atoms with Gasteiger partial charge in [-0.15, -0.1) is 5.10 Å². The van der Waals surface area contributed by atoms with Crippen molar-refractivity contribution in [3.63, 3.8) is 0 Å². The highest BCUT2D eigenvalue weighted by Gasteiger charge is 2.53. The number of carboxylic acid groups (broad SMARTS) is 1. The Bertz CT molecular complexity index is 2670. The molecule has 0 spiro atoms. The van der Waals surface area contributed by atoms with Gasteiger partial charge in [0.1, 0.15) is 54.0 Å². The number of rotatable bonds is 37. The molecule has 5 rings (SSSR count).